The normalized spacial score (nSPS) is 10.7. The Morgan fingerprint density at radius 1 is 1.00 bits per heavy atom. The molecular formula is C23H15NO6. The van der Waals surface area contributed by atoms with Crippen molar-refractivity contribution in [3.05, 3.63) is 104 Å². The number of ether oxygens (including phenoxy) is 1. The largest absolute Gasteiger partial charge is 0.422 e. The third kappa shape index (κ3) is 3.44. The maximum atomic E-state index is 12.6. The SMILES string of the molecule is Cc1c(OC(=O)c2ccccc2[N+](=O)[O-])ccc2c(-c3ccccc3)cc(=O)oc12. The Morgan fingerprint density at radius 3 is 2.43 bits per heavy atom. The van der Waals surface area contributed by atoms with E-state index in [0.717, 1.165) is 5.56 Å². The molecule has 0 radical (unpaired) electrons. The molecule has 1 aromatic heterocycles. The van der Waals surface area contributed by atoms with Crippen molar-refractivity contribution in [3.8, 4) is 16.9 Å². The molecule has 0 saturated heterocycles. The summed E-state index contributed by atoms with van der Waals surface area (Å²) in [4.78, 5) is 35.3. The highest BCUT2D eigenvalue weighted by Crippen LogP contribution is 2.33. The van der Waals surface area contributed by atoms with Gasteiger partial charge in [0, 0.05) is 23.1 Å². The molecule has 0 spiro atoms. The average Bonchev–Trinajstić information content (AvgIpc) is 2.76. The summed E-state index contributed by atoms with van der Waals surface area (Å²) in [5.41, 5.74) is 1.22. The van der Waals surface area contributed by atoms with Crippen molar-refractivity contribution in [2.45, 2.75) is 6.92 Å². The first kappa shape index (κ1) is 19.1. The third-order valence-electron chi connectivity index (χ3n) is 4.72. The summed E-state index contributed by atoms with van der Waals surface area (Å²) in [7, 11) is 0. The lowest BCUT2D eigenvalue weighted by Crippen LogP contribution is -2.12. The van der Waals surface area contributed by atoms with Crippen LogP contribution < -0.4 is 10.4 Å². The van der Waals surface area contributed by atoms with Crippen LogP contribution in [0.15, 0.2) is 82.0 Å². The molecule has 0 atom stereocenters. The summed E-state index contributed by atoms with van der Waals surface area (Å²) in [5, 5.41) is 11.9. The Morgan fingerprint density at radius 2 is 1.70 bits per heavy atom. The molecule has 3 aromatic carbocycles. The fourth-order valence-electron chi connectivity index (χ4n) is 3.27. The second kappa shape index (κ2) is 7.63. The van der Waals surface area contributed by atoms with Crippen molar-refractivity contribution < 1.29 is 18.9 Å². The van der Waals surface area contributed by atoms with E-state index in [-0.39, 0.29) is 22.6 Å². The summed E-state index contributed by atoms with van der Waals surface area (Å²) in [6.45, 7) is 1.65. The molecule has 0 amide bonds. The topological polar surface area (TPSA) is 99.6 Å². The van der Waals surface area contributed by atoms with Crippen LogP contribution in [-0.4, -0.2) is 10.9 Å². The molecular weight excluding hydrogens is 386 g/mol. The number of nitrogens with zero attached hydrogens (tertiary/aromatic N) is 1. The Balaban J connectivity index is 1.79. The Labute approximate surface area is 170 Å². The van der Waals surface area contributed by atoms with Crippen LogP contribution in [0.3, 0.4) is 0 Å². The second-order valence-corrected chi connectivity index (χ2v) is 6.57. The zero-order valence-corrected chi connectivity index (χ0v) is 15.8. The molecule has 148 valence electrons. The fourth-order valence-corrected chi connectivity index (χ4v) is 3.27. The van der Waals surface area contributed by atoms with Crippen molar-refractivity contribution in [1.29, 1.82) is 0 Å². The predicted molar refractivity (Wildman–Crippen MR) is 111 cm³/mol. The van der Waals surface area contributed by atoms with Gasteiger partial charge in [-0.3, -0.25) is 10.1 Å². The van der Waals surface area contributed by atoms with Crippen molar-refractivity contribution in [1.82, 2.24) is 0 Å². The van der Waals surface area contributed by atoms with E-state index in [4.69, 9.17) is 9.15 Å². The number of carbonyl (C=O) groups is 1. The van der Waals surface area contributed by atoms with Crippen LogP contribution in [0, 0.1) is 17.0 Å². The zero-order chi connectivity index (χ0) is 21.3. The molecule has 30 heavy (non-hydrogen) atoms. The molecule has 7 nitrogen and oxygen atoms in total. The number of aryl methyl sites for hydroxylation is 1. The number of hydrogen-bond donors (Lipinski definition) is 0. The molecule has 0 N–H and O–H groups in total. The highest BCUT2D eigenvalue weighted by atomic mass is 16.6. The van der Waals surface area contributed by atoms with Crippen LogP contribution in [0.4, 0.5) is 5.69 Å². The fraction of sp³-hybridized carbons (Fsp3) is 0.0435. The number of nitro benzene ring substituents is 1. The number of benzene rings is 3. The molecule has 0 aliphatic carbocycles. The highest BCUT2D eigenvalue weighted by molar-refractivity contribution is 5.98. The summed E-state index contributed by atoms with van der Waals surface area (Å²) in [6, 6.07) is 19.6. The van der Waals surface area contributed by atoms with Gasteiger partial charge < -0.3 is 9.15 Å². The Bertz CT molecular complexity index is 1340. The van der Waals surface area contributed by atoms with Gasteiger partial charge in [-0.05, 0) is 36.2 Å². The first-order valence-corrected chi connectivity index (χ1v) is 9.04. The van der Waals surface area contributed by atoms with E-state index < -0.39 is 16.5 Å². The van der Waals surface area contributed by atoms with E-state index in [2.05, 4.69) is 0 Å². The maximum absolute atomic E-state index is 12.6. The van der Waals surface area contributed by atoms with E-state index in [1.165, 1.54) is 30.3 Å². The molecule has 0 aliphatic heterocycles. The van der Waals surface area contributed by atoms with Crippen LogP contribution >= 0.6 is 0 Å². The summed E-state index contributed by atoms with van der Waals surface area (Å²) >= 11 is 0. The van der Waals surface area contributed by atoms with Gasteiger partial charge in [0.05, 0.1) is 4.92 Å². The number of fused-ring (bicyclic) bond motifs is 1. The van der Waals surface area contributed by atoms with Gasteiger partial charge in [-0.25, -0.2) is 9.59 Å². The van der Waals surface area contributed by atoms with Crippen molar-refractivity contribution >= 4 is 22.6 Å². The van der Waals surface area contributed by atoms with Crippen LogP contribution in [0.25, 0.3) is 22.1 Å². The standard InChI is InChI=1S/C23H15NO6/c1-14-20(29-23(26)17-9-5-6-10-19(17)24(27)28)12-11-16-18(13-21(25)30-22(14)16)15-7-3-2-4-8-15/h2-13H,1H3. The highest BCUT2D eigenvalue weighted by Gasteiger charge is 2.22. The van der Waals surface area contributed by atoms with Gasteiger partial charge in [-0.15, -0.1) is 0 Å². The third-order valence-corrected chi connectivity index (χ3v) is 4.72. The molecule has 0 unspecified atom stereocenters. The number of rotatable bonds is 4. The molecule has 4 rings (SSSR count). The molecule has 0 aliphatic rings. The van der Waals surface area contributed by atoms with Crippen LogP contribution in [0.1, 0.15) is 15.9 Å². The molecule has 1 heterocycles. The lowest BCUT2D eigenvalue weighted by Gasteiger charge is -2.11. The van der Waals surface area contributed by atoms with E-state index in [1.54, 1.807) is 19.1 Å². The van der Waals surface area contributed by atoms with Crippen molar-refractivity contribution in [2.75, 3.05) is 0 Å². The van der Waals surface area contributed by atoms with Crippen molar-refractivity contribution in [2.24, 2.45) is 0 Å². The number of esters is 1. The summed E-state index contributed by atoms with van der Waals surface area (Å²) in [5.74, 6) is -0.717. The molecule has 0 bridgehead atoms. The van der Waals surface area contributed by atoms with Crippen LogP contribution in [-0.2, 0) is 0 Å². The first-order chi connectivity index (χ1) is 14.5. The summed E-state index contributed by atoms with van der Waals surface area (Å²) < 4.78 is 10.8. The molecule has 4 aromatic rings. The van der Waals surface area contributed by atoms with E-state index >= 15 is 0 Å². The minimum Gasteiger partial charge on any atom is -0.422 e. The van der Waals surface area contributed by atoms with Gasteiger partial charge in [0.2, 0.25) is 0 Å². The van der Waals surface area contributed by atoms with Gasteiger partial charge in [0.15, 0.2) is 0 Å². The predicted octanol–water partition coefficient (Wildman–Crippen LogP) is 4.90. The zero-order valence-electron chi connectivity index (χ0n) is 15.8. The lowest BCUT2D eigenvalue weighted by atomic mass is 10.0. The van der Waals surface area contributed by atoms with Crippen LogP contribution in [0.2, 0.25) is 0 Å². The monoisotopic (exact) mass is 401 g/mol. The number of carbonyl (C=O) groups excluding carboxylic acids is 1. The van der Waals surface area contributed by atoms with Gasteiger partial charge in [0.25, 0.3) is 5.69 Å². The van der Waals surface area contributed by atoms with Gasteiger partial charge in [0.1, 0.15) is 16.9 Å². The number of hydrogen-bond acceptors (Lipinski definition) is 6. The Kier molecular flexibility index (Phi) is 4.85. The van der Waals surface area contributed by atoms with Crippen LogP contribution in [0.5, 0.6) is 5.75 Å². The average molecular weight is 401 g/mol. The molecule has 7 heteroatoms. The van der Waals surface area contributed by atoms with Gasteiger partial charge in [-0.1, -0.05) is 42.5 Å². The lowest BCUT2D eigenvalue weighted by molar-refractivity contribution is -0.385. The van der Waals surface area contributed by atoms with Crippen molar-refractivity contribution in [3.63, 3.8) is 0 Å². The van der Waals surface area contributed by atoms with Gasteiger partial charge >= 0.3 is 11.6 Å². The van der Waals surface area contributed by atoms with E-state index in [1.807, 2.05) is 30.3 Å². The number of nitro groups is 1. The minimum atomic E-state index is -0.869. The maximum Gasteiger partial charge on any atom is 0.350 e. The molecule has 0 saturated carbocycles. The first-order valence-electron chi connectivity index (χ1n) is 9.04. The number of para-hydroxylation sites is 1. The quantitative estimate of drug-likeness (QED) is 0.159. The minimum absolute atomic E-state index is 0.152. The summed E-state index contributed by atoms with van der Waals surface area (Å²) in [6.07, 6.45) is 0. The van der Waals surface area contributed by atoms with E-state index in [9.17, 15) is 19.7 Å². The van der Waals surface area contributed by atoms with Gasteiger partial charge in [-0.2, -0.15) is 0 Å². The smallest absolute Gasteiger partial charge is 0.350 e. The molecule has 0 fully saturated rings. The second-order valence-electron chi connectivity index (χ2n) is 6.57. The van der Waals surface area contributed by atoms with E-state index in [0.29, 0.717) is 16.5 Å². The Hall–Kier alpha value is -4.26.